The summed E-state index contributed by atoms with van der Waals surface area (Å²) in [5.74, 6) is -0.507. The van der Waals surface area contributed by atoms with E-state index in [9.17, 15) is 9.18 Å². The summed E-state index contributed by atoms with van der Waals surface area (Å²) in [5, 5.41) is 8.88. The molecule has 1 fully saturated rings. The summed E-state index contributed by atoms with van der Waals surface area (Å²) in [7, 11) is 0. The van der Waals surface area contributed by atoms with Gasteiger partial charge in [-0.25, -0.2) is 9.18 Å². The molecule has 0 aromatic heterocycles. The number of hydrogen-bond donors (Lipinski definition) is 0. The molecule has 2 aromatic rings. The number of fused-ring (bicyclic) bond motifs is 2. The van der Waals surface area contributed by atoms with Crippen molar-refractivity contribution in [2.75, 3.05) is 0 Å². The molecule has 2 unspecified atom stereocenters. The number of halogens is 1. The summed E-state index contributed by atoms with van der Waals surface area (Å²) in [6.45, 7) is 0.257. The van der Waals surface area contributed by atoms with E-state index >= 15 is 0 Å². The Morgan fingerprint density at radius 2 is 2.04 bits per heavy atom. The van der Waals surface area contributed by atoms with Crippen molar-refractivity contribution in [2.45, 2.75) is 38.0 Å². The monoisotopic (exact) mass is 362 g/mol. The van der Waals surface area contributed by atoms with Crippen LogP contribution >= 0.6 is 0 Å². The smallest absolute Gasteiger partial charge is 0.410 e. The van der Waals surface area contributed by atoms with Crippen LogP contribution in [0.25, 0.3) is 5.57 Å². The number of rotatable bonds is 3. The number of nitriles is 1. The largest absolute Gasteiger partial charge is 0.445 e. The van der Waals surface area contributed by atoms with Crippen molar-refractivity contribution in [3.8, 4) is 6.07 Å². The van der Waals surface area contributed by atoms with Crippen LogP contribution in [-0.2, 0) is 11.3 Å². The van der Waals surface area contributed by atoms with Crippen molar-refractivity contribution < 1.29 is 13.9 Å². The maximum Gasteiger partial charge on any atom is 0.410 e. The first-order valence-electron chi connectivity index (χ1n) is 9.05. The Kier molecular flexibility index (Phi) is 4.64. The Morgan fingerprint density at radius 1 is 1.22 bits per heavy atom. The highest BCUT2D eigenvalue weighted by molar-refractivity contribution is 5.75. The summed E-state index contributed by atoms with van der Waals surface area (Å²) in [4.78, 5) is 14.4. The van der Waals surface area contributed by atoms with Crippen LogP contribution in [0.5, 0.6) is 0 Å². The average molecular weight is 362 g/mol. The average Bonchev–Trinajstić information content (AvgIpc) is 2.96. The molecule has 1 amide bonds. The molecule has 2 atom stereocenters. The highest BCUT2D eigenvalue weighted by Gasteiger charge is 2.40. The van der Waals surface area contributed by atoms with Gasteiger partial charge in [0.15, 0.2) is 0 Å². The molecule has 0 aliphatic carbocycles. The fourth-order valence-electron chi connectivity index (χ4n) is 3.93. The Labute approximate surface area is 157 Å². The van der Waals surface area contributed by atoms with Crippen LogP contribution in [0.1, 0.15) is 36.0 Å². The highest BCUT2D eigenvalue weighted by atomic mass is 19.1. The highest BCUT2D eigenvalue weighted by Crippen LogP contribution is 2.39. The molecule has 2 bridgehead atoms. The van der Waals surface area contributed by atoms with E-state index in [4.69, 9.17) is 10.00 Å². The first-order valence-corrected chi connectivity index (χ1v) is 9.05. The number of carbonyl (C=O) groups excluding carboxylic acids is 1. The van der Waals surface area contributed by atoms with Crippen LogP contribution in [0.2, 0.25) is 0 Å². The van der Waals surface area contributed by atoms with Gasteiger partial charge < -0.3 is 4.74 Å². The molecule has 0 N–H and O–H groups in total. The minimum absolute atomic E-state index is 0.0271. The van der Waals surface area contributed by atoms with Crippen LogP contribution in [0.3, 0.4) is 0 Å². The van der Waals surface area contributed by atoms with E-state index < -0.39 is 5.82 Å². The fraction of sp³-hybridized carbons (Fsp3) is 0.273. The lowest BCUT2D eigenvalue weighted by molar-refractivity contribution is 0.0832. The van der Waals surface area contributed by atoms with Crippen LogP contribution < -0.4 is 0 Å². The molecular weight excluding hydrogens is 343 g/mol. The molecule has 5 heteroatoms. The van der Waals surface area contributed by atoms with E-state index in [1.54, 1.807) is 6.07 Å². The van der Waals surface area contributed by atoms with Gasteiger partial charge in [0.1, 0.15) is 18.5 Å². The summed E-state index contributed by atoms with van der Waals surface area (Å²) in [6.07, 6.45) is 4.20. The van der Waals surface area contributed by atoms with E-state index in [1.165, 1.54) is 12.1 Å². The zero-order chi connectivity index (χ0) is 18.8. The van der Waals surface area contributed by atoms with Crippen molar-refractivity contribution >= 4 is 11.7 Å². The number of nitrogens with zero attached hydrogens (tertiary/aromatic N) is 2. The lowest BCUT2D eigenvalue weighted by atomic mass is 9.94. The number of hydrogen-bond acceptors (Lipinski definition) is 3. The van der Waals surface area contributed by atoms with Crippen molar-refractivity contribution in [2.24, 2.45) is 0 Å². The van der Waals surface area contributed by atoms with Gasteiger partial charge in [-0.3, -0.25) is 4.90 Å². The third-order valence-electron chi connectivity index (χ3n) is 5.27. The van der Waals surface area contributed by atoms with Crippen molar-refractivity contribution in [1.82, 2.24) is 4.90 Å². The lowest BCUT2D eigenvalue weighted by Gasteiger charge is -2.33. The second-order valence-corrected chi connectivity index (χ2v) is 6.95. The molecule has 0 radical (unpaired) electrons. The predicted molar refractivity (Wildman–Crippen MR) is 99.0 cm³/mol. The topological polar surface area (TPSA) is 53.3 Å². The molecule has 2 aromatic carbocycles. The van der Waals surface area contributed by atoms with E-state index in [1.807, 2.05) is 47.4 Å². The van der Waals surface area contributed by atoms with Crippen LogP contribution in [0.4, 0.5) is 9.18 Å². The van der Waals surface area contributed by atoms with Crippen molar-refractivity contribution in [3.05, 3.63) is 77.1 Å². The van der Waals surface area contributed by atoms with E-state index in [-0.39, 0.29) is 30.3 Å². The SMILES string of the molecule is N#Cc1ccc(C2=CC3CCC(C2)N3C(=O)OCc2ccccc2)cc1F. The van der Waals surface area contributed by atoms with Gasteiger partial charge in [0, 0.05) is 6.04 Å². The molecule has 4 rings (SSSR count). The minimum atomic E-state index is -0.507. The van der Waals surface area contributed by atoms with Gasteiger partial charge in [0.2, 0.25) is 0 Å². The van der Waals surface area contributed by atoms with Crippen LogP contribution in [0, 0.1) is 17.1 Å². The number of amides is 1. The number of ether oxygens (including phenoxy) is 1. The molecule has 0 saturated carbocycles. The van der Waals surface area contributed by atoms with Gasteiger partial charge in [-0.15, -0.1) is 0 Å². The summed E-state index contributed by atoms with van der Waals surface area (Å²) < 4.78 is 19.4. The second kappa shape index (κ2) is 7.24. The van der Waals surface area contributed by atoms with Gasteiger partial charge in [-0.2, -0.15) is 5.26 Å². The second-order valence-electron chi connectivity index (χ2n) is 6.95. The minimum Gasteiger partial charge on any atom is -0.445 e. The Balaban J connectivity index is 1.48. The Morgan fingerprint density at radius 3 is 2.74 bits per heavy atom. The quantitative estimate of drug-likeness (QED) is 0.798. The first-order chi connectivity index (χ1) is 13.2. The first kappa shape index (κ1) is 17.3. The van der Waals surface area contributed by atoms with E-state index in [0.29, 0.717) is 6.42 Å². The normalized spacial score (nSPS) is 20.7. The molecule has 4 nitrogen and oxygen atoms in total. The van der Waals surface area contributed by atoms with Gasteiger partial charge in [-0.05, 0) is 48.1 Å². The van der Waals surface area contributed by atoms with E-state index in [0.717, 1.165) is 29.5 Å². The maximum absolute atomic E-state index is 13.9. The van der Waals surface area contributed by atoms with Gasteiger partial charge in [0.05, 0.1) is 11.6 Å². The molecular formula is C22H19FN2O2. The van der Waals surface area contributed by atoms with E-state index in [2.05, 4.69) is 0 Å². The zero-order valence-electron chi connectivity index (χ0n) is 14.8. The summed E-state index contributed by atoms with van der Waals surface area (Å²) >= 11 is 0. The number of carbonyl (C=O) groups is 1. The zero-order valence-corrected chi connectivity index (χ0v) is 14.8. The van der Waals surface area contributed by atoms with Crippen molar-refractivity contribution in [3.63, 3.8) is 0 Å². The molecule has 0 spiro atoms. The third-order valence-corrected chi connectivity index (χ3v) is 5.27. The predicted octanol–water partition coefficient (Wildman–Crippen LogP) is 4.65. The molecule has 2 heterocycles. The van der Waals surface area contributed by atoms with Crippen LogP contribution in [-0.4, -0.2) is 23.1 Å². The lowest BCUT2D eigenvalue weighted by Crippen LogP contribution is -2.43. The third kappa shape index (κ3) is 3.43. The molecule has 2 aliphatic heterocycles. The summed E-state index contributed by atoms with van der Waals surface area (Å²) in [6, 6.07) is 16.2. The van der Waals surface area contributed by atoms with Gasteiger partial charge in [-0.1, -0.05) is 42.5 Å². The Bertz CT molecular complexity index is 933. The van der Waals surface area contributed by atoms with Gasteiger partial charge in [0.25, 0.3) is 0 Å². The standard InChI is InChI=1S/C22H19FN2O2/c23-21-12-16(6-7-17(21)13-24)18-10-19-8-9-20(11-18)25(19)22(26)27-14-15-4-2-1-3-5-15/h1-7,10,12,19-20H,8-9,11,14H2. The Hall–Kier alpha value is -3.13. The maximum atomic E-state index is 13.9. The molecule has 136 valence electrons. The van der Waals surface area contributed by atoms with Crippen molar-refractivity contribution in [1.29, 1.82) is 5.26 Å². The van der Waals surface area contributed by atoms with Crippen LogP contribution in [0.15, 0.2) is 54.6 Å². The number of benzene rings is 2. The summed E-state index contributed by atoms with van der Waals surface area (Å²) in [5.41, 5.74) is 2.81. The molecule has 2 aliphatic rings. The fourth-order valence-corrected chi connectivity index (χ4v) is 3.93. The molecule has 27 heavy (non-hydrogen) atoms. The van der Waals surface area contributed by atoms with Gasteiger partial charge >= 0.3 is 6.09 Å². The molecule has 1 saturated heterocycles.